The van der Waals surface area contributed by atoms with Crippen LogP contribution in [0.15, 0.2) is 60.7 Å². The first-order valence-corrected chi connectivity index (χ1v) is 25.1. The van der Waals surface area contributed by atoms with Crippen molar-refractivity contribution in [3.05, 3.63) is 71.8 Å². The molecule has 2 N–H and O–H groups in total. The smallest absolute Gasteiger partial charge is 0.407 e. The fraction of sp³-hybridized carbons (Fsp3) is 0.580. The average Bonchev–Trinajstić information content (AvgIpc) is 3.34. The first-order valence-electron chi connectivity index (χ1n) is 24.0. The highest BCUT2D eigenvalue weighted by Crippen LogP contribution is 2.38. The highest BCUT2D eigenvalue weighted by Gasteiger charge is 2.59. The monoisotopic (exact) mass is 1160 g/mol. The topological polar surface area (TPSA) is 315 Å². The minimum atomic E-state index is -2.20. The van der Waals surface area contributed by atoms with Crippen LogP contribution in [0.3, 0.4) is 0 Å². The number of aliphatic hydroxyl groups is 1. The van der Waals surface area contributed by atoms with E-state index in [0.717, 1.165) is 34.6 Å². The van der Waals surface area contributed by atoms with E-state index in [-0.39, 0.29) is 11.1 Å². The molecule has 0 spiro atoms. The Labute approximate surface area is 462 Å². The lowest BCUT2D eigenvalue weighted by Gasteiger charge is -2.50. The molecule has 0 aromatic heterocycles. The van der Waals surface area contributed by atoms with Crippen LogP contribution in [0, 0.1) is 5.41 Å². The number of carbonyl (C=O) groups is 9. The van der Waals surface area contributed by atoms with Crippen molar-refractivity contribution in [2.45, 2.75) is 158 Å². The molecular formula is C50H60Cl3NO24. The molecule has 5 rings (SSSR count). The van der Waals surface area contributed by atoms with E-state index >= 15 is 0 Å². The Morgan fingerprint density at radius 1 is 0.526 bits per heavy atom. The van der Waals surface area contributed by atoms with Crippen molar-refractivity contribution >= 4 is 88.7 Å². The average molecular weight is 1170 g/mol. The summed E-state index contributed by atoms with van der Waals surface area (Å²) in [5.74, 6) is -7.75. The number of nitrogens with one attached hydrogen (secondary N) is 1. The second-order valence-electron chi connectivity index (χ2n) is 18.8. The summed E-state index contributed by atoms with van der Waals surface area (Å²) in [6.45, 7) is 8.41. The summed E-state index contributed by atoms with van der Waals surface area (Å²) >= 11 is 17.8. The zero-order valence-corrected chi connectivity index (χ0v) is 45.8. The lowest BCUT2D eigenvalue weighted by atomic mass is 9.93. The van der Waals surface area contributed by atoms with Crippen LogP contribution in [0.25, 0.3) is 0 Å². The van der Waals surface area contributed by atoms with Crippen LogP contribution in [0.2, 0.25) is 0 Å². The first kappa shape index (κ1) is 62.9. The number of rotatable bonds is 18. The molecule has 15 atom stereocenters. The first-order chi connectivity index (χ1) is 36.5. The minimum absolute atomic E-state index is 0.0112. The van der Waals surface area contributed by atoms with Crippen molar-refractivity contribution in [2.75, 3.05) is 19.8 Å². The summed E-state index contributed by atoms with van der Waals surface area (Å²) < 4.78 is 80.1. The van der Waals surface area contributed by atoms with Crippen molar-refractivity contribution in [3.8, 4) is 0 Å². The van der Waals surface area contributed by atoms with Gasteiger partial charge in [-0.05, 0) is 52.0 Å². The normalized spacial score (nSPS) is 29.0. The molecule has 0 aliphatic carbocycles. The quantitative estimate of drug-likeness (QED) is 0.122. The predicted octanol–water partition coefficient (Wildman–Crippen LogP) is 3.74. The number of esters is 8. The SMILES string of the molecule is CC(=O)OC[C@H]1O[C@@H](O[C@H]2[C@H](OC(C)=O)[C@@H](NC(=O)OCC(Cl)(Cl)Cl)[C@H](O[C@@H]3[C@H](OC(=O)c4ccccc4)[C@H](C)O[C@@H](O)[C@H]3OC(=O)c3ccccc3)O[C@@H]2COC(=O)C(C)(C)C)[C@H](OC(C)=O)[C@@H](OC(C)=O)[C@H]1OC(C)=O. The zero-order chi connectivity index (χ0) is 57.8. The lowest BCUT2D eigenvalue weighted by Crippen LogP contribution is -2.70. The number of ether oxygens (including phenoxy) is 14. The molecule has 0 bridgehead atoms. The van der Waals surface area contributed by atoms with E-state index in [9.17, 15) is 48.3 Å². The van der Waals surface area contributed by atoms with E-state index in [1.807, 2.05) is 0 Å². The molecule has 1 amide bonds. The summed E-state index contributed by atoms with van der Waals surface area (Å²) in [5, 5.41) is 14.0. The predicted molar refractivity (Wildman–Crippen MR) is 263 cm³/mol. The molecule has 3 aliphatic rings. The van der Waals surface area contributed by atoms with E-state index in [1.54, 1.807) is 24.3 Å². The van der Waals surface area contributed by atoms with E-state index in [4.69, 9.17) is 101 Å². The molecule has 430 valence electrons. The number of hydrogen-bond acceptors (Lipinski definition) is 24. The van der Waals surface area contributed by atoms with Crippen LogP contribution in [0.1, 0.15) is 83.0 Å². The maximum Gasteiger partial charge on any atom is 0.407 e. The highest BCUT2D eigenvalue weighted by molar-refractivity contribution is 6.67. The Bertz CT molecular complexity index is 2370. The second-order valence-corrected chi connectivity index (χ2v) is 21.3. The largest absolute Gasteiger partial charge is 0.463 e. The molecule has 28 heteroatoms. The zero-order valence-electron chi connectivity index (χ0n) is 43.5. The van der Waals surface area contributed by atoms with Crippen LogP contribution < -0.4 is 5.32 Å². The summed E-state index contributed by atoms with van der Waals surface area (Å²) in [5.41, 5.74) is -1.16. The van der Waals surface area contributed by atoms with E-state index in [1.165, 1.54) is 64.1 Å². The molecule has 3 saturated heterocycles. The highest BCUT2D eigenvalue weighted by atomic mass is 35.6. The van der Waals surface area contributed by atoms with Gasteiger partial charge in [0.15, 0.2) is 55.5 Å². The number of aliphatic hydroxyl groups excluding tert-OH is 1. The van der Waals surface area contributed by atoms with Crippen LogP contribution in [0.4, 0.5) is 4.79 Å². The van der Waals surface area contributed by atoms with Gasteiger partial charge in [-0.15, -0.1) is 0 Å². The fourth-order valence-electron chi connectivity index (χ4n) is 8.08. The summed E-state index contributed by atoms with van der Waals surface area (Å²) in [7, 11) is 0. The van der Waals surface area contributed by atoms with Gasteiger partial charge in [-0.2, -0.15) is 0 Å². The Morgan fingerprint density at radius 3 is 1.50 bits per heavy atom. The van der Waals surface area contributed by atoms with Crippen molar-refractivity contribution in [2.24, 2.45) is 5.41 Å². The molecule has 0 unspecified atom stereocenters. The number of amides is 1. The Balaban J connectivity index is 1.73. The van der Waals surface area contributed by atoms with Gasteiger partial charge in [0.2, 0.25) is 3.79 Å². The van der Waals surface area contributed by atoms with Gasteiger partial charge in [0.05, 0.1) is 22.6 Å². The third kappa shape index (κ3) is 18.1. The van der Waals surface area contributed by atoms with Crippen LogP contribution in [-0.4, -0.2) is 175 Å². The van der Waals surface area contributed by atoms with E-state index in [0.29, 0.717) is 0 Å². The van der Waals surface area contributed by atoms with Crippen molar-refractivity contribution in [3.63, 3.8) is 0 Å². The third-order valence-corrected chi connectivity index (χ3v) is 11.7. The van der Waals surface area contributed by atoms with Gasteiger partial charge in [0.25, 0.3) is 0 Å². The molecule has 25 nitrogen and oxygen atoms in total. The molecule has 3 fully saturated rings. The summed E-state index contributed by atoms with van der Waals surface area (Å²) in [6.07, 6.45) is -27.1. The molecule has 2 aromatic carbocycles. The third-order valence-electron chi connectivity index (χ3n) is 11.4. The summed E-state index contributed by atoms with van der Waals surface area (Å²) in [6, 6.07) is 13.1. The maximum absolute atomic E-state index is 13.9. The van der Waals surface area contributed by atoms with Gasteiger partial charge >= 0.3 is 53.8 Å². The van der Waals surface area contributed by atoms with Gasteiger partial charge in [0, 0.05) is 34.6 Å². The molecular weight excluding hydrogens is 1100 g/mol. The van der Waals surface area contributed by atoms with E-state index in [2.05, 4.69) is 5.32 Å². The van der Waals surface area contributed by atoms with Crippen LogP contribution in [-0.2, 0) is 95.1 Å². The molecule has 3 heterocycles. The lowest BCUT2D eigenvalue weighted by molar-refractivity contribution is -0.364. The Morgan fingerprint density at radius 2 is 0.987 bits per heavy atom. The van der Waals surface area contributed by atoms with E-state index < -0.39 is 175 Å². The standard InChI is InChI=1S/C50H60Cl3NO24/c1-23-34(75-42(60)29-16-12-10-13-17-29)38(40(44(62)68-23)76-43(61)30-18-14-11-15-19-30)78-45-33(54-48(64)67-22-50(51,52)53)37(70-26(4)57)35(32(73-45)21-66-47(63)49(7,8)9)77-46-41(72-28(6)59)39(71-27(5)58)36(69-25(3)56)31(74-46)20-65-24(2)55/h10-19,23,31-41,44-46,62H,20-22H2,1-9H3,(H,54,64)/t23-,31+,32+,33+,34+,35+,36-,37+,38+,39-,40-,41+,44+,45-,46-/m0/s1. The molecule has 2 aromatic rings. The molecule has 3 aliphatic heterocycles. The van der Waals surface area contributed by atoms with Crippen LogP contribution >= 0.6 is 34.8 Å². The van der Waals surface area contributed by atoms with Gasteiger partial charge in [0.1, 0.15) is 50.3 Å². The van der Waals surface area contributed by atoms with Crippen molar-refractivity contribution in [1.29, 1.82) is 0 Å². The molecule has 78 heavy (non-hydrogen) atoms. The molecule has 0 saturated carbocycles. The number of carbonyl (C=O) groups excluding carboxylic acids is 9. The second kappa shape index (κ2) is 27.8. The number of hydrogen-bond donors (Lipinski definition) is 2. The Kier molecular flexibility index (Phi) is 22.4. The van der Waals surface area contributed by atoms with Gasteiger partial charge in [-0.25, -0.2) is 14.4 Å². The van der Waals surface area contributed by atoms with Crippen molar-refractivity contribution < 1.29 is 115 Å². The van der Waals surface area contributed by atoms with Gasteiger partial charge < -0.3 is 76.7 Å². The maximum atomic E-state index is 13.9. The Hall–Kier alpha value is -5.90. The van der Waals surface area contributed by atoms with Crippen LogP contribution in [0.5, 0.6) is 0 Å². The number of alkyl halides is 3. The number of halogens is 3. The number of benzene rings is 2. The van der Waals surface area contributed by atoms with Gasteiger partial charge in [-0.1, -0.05) is 71.2 Å². The van der Waals surface area contributed by atoms with Gasteiger partial charge in [-0.3, -0.25) is 28.8 Å². The molecule has 0 radical (unpaired) electrons. The fourth-order valence-corrected chi connectivity index (χ4v) is 8.24. The van der Waals surface area contributed by atoms with Crippen molar-refractivity contribution in [1.82, 2.24) is 5.32 Å². The number of alkyl carbamates (subject to hydrolysis) is 1. The minimum Gasteiger partial charge on any atom is -0.463 e. The summed E-state index contributed by atoms with van der Waals surface area (Å²) in [4.78, 5) is 119.